The van der Waals surface area contributed by atoms with E-state index >= 15 is 0 Å². The number of aromatic nitrogens is 3. The van der Waals surface area contributed by atoms with Gasteiger partial charge in [0.1, 0.15) is 0 Å². The predicted molar refractivity (Wildman–Crippen MR) is 105 cm³/mol. The number of aliphatic hydroxyl groups excluding tert-OH is 1. The Kier molecular flexibility index (Phi) is 5.90. The zero-order valence-corrected chi connectivity index (χ0v) is 17.5. The summed E-state index contributed by atoms with van der Waals surface area (Å²) in [6.45, 7) is 7.49. The molecule has 0 bridgehead atoms. The van der Waals surface area contributed by atoms with Crippen molar-refractivity contribution in [3.8, 4) is 0 Å². The molecule has 1 aromatic heterocycles. The molecule has 9 heteroatoms. The third-order valence-corrected chi connectivity index (χ3v) is 5.99. The number of nitrogens with zero attached hydrogens (tertiary/aromatic N) is 3. The lowest BCUT2D eigenvalue weighted by atomic mass is 9.93. The fourth-order valence-corrected chi connectivity index (χ4v) is 3.75. The monoisotopic (exact) mass is 408 g/mol. The van der Waals surface area contributed by atoms with Crippen LogP contribution in [0.3, 0.4) is 0 Å². The molecule has 0 spiro atoms. The second-order valence-electron chi connectivity index (χ2n) is 8.34. The van der Waals surface area contributed by atoms with Gasteiger partial charge in [-0.25, -0.2) is 13.1 Å². The van der Waals surface area contributed by atoms with E-state index in [0.717, 1.165) is 11.3 Å². The number of ether oxygens (including phenoxy) is 1. The number of rotatable bonds is 6. The third kappa shape index (κ3) is 4.96. The molecule has 1 aliphatic rings. The summed E-state index contributed by atoms with van der Waals surface area (Å²) in [5.74, 6) is 0. The van der Waals surface area contributed by atoms with Gasteiger partial charge in [-0.15, -0.1) is 5.10 Å². The topological polar surface area (TPSA) is 106 Å². The van der Waals surface area contributed by atoms with Crippen molar-refractivity contribution >= 4 is 9.84 Å². The van der Waals surface area contributed by atoms with Crippen LogP contribution in [0.4, 0.5) is 0 Å². The Hall–Kier alpha value is -1.81. The van der Waals surface area contributed by atoms with Crippen LogP contribution in [0.1, 0.15) is 32.0 Å². The molecule has 0 amide bonds. The summed E-state index contributed by atoms with van der Waals surface area (Å²) in [4.78, 5) is 0.291. The molecule has 1 aromatic carbocycles. The second-order valence-corrected chi connectivity index (χ2v) is 10.4. The van der Waals surface area contributed by atoms with Crippen LogP contribution in [-0.2, 0) is 33.1 Å². The summed E-state index contributed by atoms with van der Waals surface area (Å²) in [6, 6.07) is 6.47. The minimum absolute atomic E-state index is 0.0793. The lowest BCUT2D eigenvalue weighted by Crippen LogP contribution is -2.45. The first-order valence-corrected chi connectivity index (χ1v) is 11.2. The first-order chi connectivity index (χ1) is 13.0. The van der Waals surface area contributed by atoms with Crippen LogP contribution in [0.2, 0.25) is 0 Å². The molecule has 0 radical (unpaired) electrons. The Balaban J connectivity index is 1.62. The largest absolute Gasteiger partial charge is 0.389 e. The van der Waals surface area contributed by atoms with E-state index in [-0.39, 0.29) is 24.2 Å². The first-order valence-electron chi connectivity index (χ1n) is 9.27. The Labute approximate surface area is 165 Å². The maximum atomic E-state index is 11.6. The minimum Gasteiger partial charge on any atom is -0.389 e. The summed E-state index contributed by atoms with van der Waals surface area (Å²) in [5.41, 5.74) is 1.76. The van der Waals surface area contributed by atoms with Crippen molar-refractivity contribution in [2.75, 3.05) is 12.9 Å². The van der Waals surface area contributed by atoms with E-state index in [0.29, 0.717) is 18.0 Å². The zero-order chi connectivity index (χ0) is 20.5. The van der Waals surface area contributed by atoms with Gasteiger partial charge in [-0.05, 0) is 17.7 Å². The lowest BCUT2D eigenvalue weighted by molar-refractivity contribution is 0.0741. The molecule has 28 heavy (non-hydrogen) atoms. The normalized spacial score (nSPS) is 23.2. The van der Waals surface area contributed by atoms with Crippen molar-refractivity contribution < 1.29 is 18.3 Å². The van der Waals surface area contributed by atoms with Crippen LogP contribution in [0.15, 0.2) is 35.4 Å². The molecule has 154 valence electrons. The molecule has 0 unspecified atom stereocenters. The number of aliphatic hydroxyl groups is 1. The van der Waals surface area contributed by atoms with E-state index in [2.05, 4.69) is 36.4 Å². The van der Waals surface area contributed by atoms with Gasteiger partial charge in [-0.2, -0.15) is 0 Å². The highest BCUT2D eigenvalue weighted by Crippen LogP contribution is 2.21. The van der Waals surface area contributed by atoms with Gasteiger partial charge in [-0.3, -0.25) is 0 Å². The highest BCUT2D eigenvalue weighted by Gasteiger charge is 2.36. The highest BCUT2D eigenvalue weighted by atomic mass is 32.2. The van der Waals surface area contributed by atoms with Crippen LogP contribution in [0, 0.1) is 0 Å². The number of sulfone groups is 1. The average Bonchev–Trinajstić information content (AvgIpc) is 3.20. The molecule has 3 atom stereocenters. The van der Waals surface area contributed by atoms with Crippen molar-refractivity contribution in [3.63, 3.8) is 0 Å². The Bertz CT molecular complexity index is 903. The van der Waals surface area contributed by atoms with Crippen LogP contribution in [-0.4, -0.2) is 59.6 Å². The van der Waals surface area contributed by atoms with Crippen LogP contribution in [0.25, 0.3) is 0 Å². The van der Waals surface area contributed by atoms with E-state index in [1.807, 2.05) is 6.20 Å². The van der Waals surface area contributed by atoms with Gasteiger partial charge in [0.15, 0.2) is 9.84 Å². The molecule has 1 aliphatic heterocycles. The fraction of sp³-hybridized carbons (Fsp3) is 0.579. The van der Waals surface area contributed by atoms with E-state index in [1.165, 1.54) is 6.26 Å². The van der Waals surface area contributed by atoms with Crippen molar-refractivity contribution in [2.24, 2.45) is 0 Å². The molecule has 0 aliphatic carbocycles. The maximum absolute atomic E-state index is 11.6. The summed E-state index contributed by atoms with van der Waals surface area (Å²) < 4.78 is 30.6. The molecular weight excluding hydrogens is 380 g/mol. The van der Waals surface area contributed by atoms with E-state index < -0.39 is 15.9 Å². The van der Waals surface area contributed by atoms with Gasteiger partial charge in [-0.1, -0.05) is 38.1 Å². The zero-order valence-electron chi connectivity index (χ0n) is 16.7. The smallest absolute Gasteiger partial charge is 0.175 e. The SMILES string of the molecule is CC(C)(C)c1cn(C[C@H]2OC[C@H](O)[C@H]2NCc2ccc(S(C)(=O)=O)cc2)nn1. The quantitative estimate of drug-likeness (QED) is 0.731. The molecule has 8 nitrogen and oxygen atoms in total. The van der Waals surface area contributed by atoms with Crippen molar-refractivity contribution in [3.05, 3.63) is 41.7 Å². The standard InChI is InChI=1S/C19H28N4O4S/c1-19(2,3)17-11-23(22-21-17)10-16-18(15(24)12-27-16)20-9-13-5-7-14(8-6-13)28(4,25)26/h5-8,11,15-16,18,20,24H,9-10,12H2,1-4H3/t15-,16+,18+/m0/s1. The number of benzene rings is 1. The molecular formula is C19H28N4O4S. The van der Waals surface area contributed by atoms with Crippen LogP contribution in [0.5, 0.6) is 0 Å². The Morgan fingerprint density at radius 3 is 2.54 bits per heavy atom. The van der Waals surface area contributed by atoms with Crippen molar-refractivity contribution in [1.29, 1.82) is 0 Å². The average molecular weight is 409 g/mol. The molecule has 3 rings (SSSR count). The predicted octanol–water partition coefficient (Wildman–Crippen LogP) is 0.897. The van der Waals surface area contributed by atoms with E-state index in [1.54, 1.807) is 28.9 Å². The van der Waals surface area contributed by atoms with Gasteiger partial charge >= 0.3 is 0 Å². The van der Waals surface area contributed by atoms with Gasteiger partial charge in [0.2, 0.25) is 0 Å². The Morgan fingerprint density at radius 2 is 1.96 bits per heavy atom. The second kappa shape index (κ2) is 7.90. The van der Waals surface area contributed by atoms with E-state index in [9.17, 15) is 13.5 Å². The number of nitrogens with one attached hydrogen (secondary N) is 1. The molecule has 2 N–H and O–H groups in total. The van der Waals surface area contributed by atoms with Gasteiger partial charge in [0.05, 0.1) is 42.0 Å². The molecule has 2 aromatic rings. The summed E-state index contributed by atoms with van der Waals surface area (Å²) in [6.07, 6.45) is 2.24. The summed E-state index contributed by atoms with van der Waals surface area (Å²) in [5, 5.41) is 22.0. The Morgan fingerprint density at radius 1 is 1.29 bits per heavy atom. The molecule has 1 fully saturated rings. The highest BCUT2D eigenvalue weighted by molar-refractivity contribution is 7.90. The van der Waals surface area contributed by atoms with Gasteiger partial charge in [0, 0.05) is 24.4 Å². The maximum Gasteiger partial charge on any atom is 0.175 e. The third-order valence-electron chi connectivity index (χ3n) is 4.86. The summed E-state index contributed by atoms with van der Waals surface area (Å²) in [7, 11) is -3.21. The minimum atomic E-state index is -3.21. The van der Waals surface area contributed by atoms with Gasteiger partial charge < -0.3 is 15.2 Å². The number of hydrogen-bond acceptors (Lipinski definition) is 7. The van der Waals surface area contributed by atoms with Crippen molar-refractivity contribution in [1.82, 2.24) is 20.3 Å². The molecule has 1 saturated heterocycles. The van der Waals surface area contributed by atoms with Crippen molar-refractivity contribution in [2.45, 2.75) is 62.4 Å². The fourth-order valence-electron chi connectivity index (χ4n) is 3.12. The lowest BCUT2D eigenvalue weighted by Gasteiger charge is -2.22. The van der Waals surface area contributed by atoms with E-state index in [4.69, 9.17) is 4.74 Å². The van der Waals surface area contributed by atoms with Gasteiger partial charge in [0.25, 0.3) is 0 Å². The molecule has 0 saturated carbocycles. The molecule has 2 heterocycles. The summed E-state index contributed by atoms with van der Waals surface area (Å²) >= 11 is 0. The van der Waals surface area contributed by atoms with Crippen LogP contribution >= 0.6 is 0 Å². The first kappa shape index (κ1) is 20.9. The number of hydrogen-bond donors (Lipinski definition) is 2. The van der Waals surface area contributed by atoms with Crippen LogP contribution < -0.4 is 5.32 Å².